The number of rotatable bonds is 6. The van der Waals surface area contributed by atoms with Crippen LogP contribution in [0.5, 0.6) is 0 Å². The Labute approximate surface area is 115 Å². The zero-order valence-electron chi connectivity index (χ0n) is 12.2. The summed E-state index contributed by atoms with van der Waals surface area (Å²) in [6.45, 7) is 7.89. The van der Waals surface area contributed by atoms with Crippen LogP contribution >= 0.6 is 0 Å². The minimum absolute atomic E-state index is 0.0166. The Balaban J connectivity index is 2.43. The van der Waals surface area contributed by atoms with Crippen LogP contribution in [0.4, 0.5) is 0 Å². The van der Waals surface area contributed by atoms with E-state index in [0.717, 1.165) is 11.1 Å². The molecule has 0 atom stereocenters. The SMILES string of the molecule is Cc1ccc(C(=O)CCCC(=O)NC(C)C)cc1C. The Morgan fingerprint density at radius 2 is 1.79 bits per heavy atom. The van der Waals surface area contributed by atoms with Crippen molar-refractivity contribution in [1.29, 1.82) is 0 Å². The fourth-order valence-corrected chi connectivity index (χ4v) is 1.86. The van der Waals surface area contributed by atoms with Crippen molar-refractivity contribution in [2.75, 3.05) is 0 Å². The smallest absolute Gasteiger partial charge is 0.220 e. The molecule has 0 heterocycles. The molecule has 0 saturated heterocycles. The summed E-state index contributed by atoms with van der Waals surface area (Å²) in [6, 6.07) is 5.90. The van der Waals surface area contributed by atoms with E-state index in [1.54, 1.807) is 0 Å². The van der Waals surface area contributed by atoms with E-state index in [0.29, 0.717) is 19.3 Å². The lowest BCUT2D eigenvalue weighted by atomic mass is 10.0. The number of hydrogen-bond acceptors (Lipinski definition) is 2. The van der Waals surface area contributed by atoms with Crippen molar-refractivity contribution in [1.82, 2.24) is 5.32 Å². The van der Waals surface area contributed by atoms with Gasteiger partial charge in [0, 0.05) is 24.4 Å². The van der Waals surface area contributed by atoms with E-state index in [1.807, 2.05) is 45.9 Å². The first-order valence-corrected chi connectivity index (χ1v) is 6.80. The third-order valence-corrected chi connectivity index (χ3v) is 3.09. The highest BCUT2D eigenvalue weighted by Gasteiger charge is 2.09. The molecule has 1 N–H and O–H groups in total. The van der Waals surface area contributed by atoms with Crippen LogP contribution in [0.15, 0.2) is 18.2 Å². The molecular weight excluding hydrogens is 238 g/mol. The van der Waals surface area contributed by atoms with E-state index < -0.39 is 0 Å². The van der Waals surface area contributed by atoms with Gasteiger partial charge in [-0.1, -0.05) is 12.1 Å². The number of carbonyl (C=O) groups excluding carboxylic acids is 2. The molecule has 0 bridgehead atoms. The first-order valence-electron chi connectivity index (χ1n) is 6.80. The van der Waals surface area contributed by atoms with Crippen molar-refractivity contribution in [3.8, 4) is 0 Å². The van der Waals surface area contributed by atoms with Crippen LogP contribution in [0.25, 0.3) is 0 Å². The van der Waals surface area contributed by atoms with E-state index >= 15 is 0 Å². The largest absolute Gasteiger partial charge is 0.354 e. The fourth-order valence-electron chi connectivity index (χ4n) is 1.86. The van der Waals surface area contributed by atoms with Gasteiger partial charge in [0.2, 0.25) is 5.91 Å². The van der Waals surface area contributed by atoms with Gasteiger partial charge in [-0.2, -0.15) is 0 Å². The van der Waals surface area contributed by atoms with Gasteiger partial charge in [0.1, 0.15) is 0 Å². The van der Waals surface area contributed by atoms with Gasteiger partial charge >= 0.3 is 0 Å². The molecule has 3 heteroatoms. The highest BCUT2D eigenvalue weighted by Crippen LogP contribution is 2.13. The summed E-state index contributed by atoms with van der Waals surface area (Å²) < 4.78 is 0. The fraction of sp³-hybridized carbons (Fsp3) is 0.500. The number of aryl methyl sites for hydroxylation is 2. The van der Waals surface area contributed by atoms with Gasteiger partial charge in [-0.05, 0) is 51.3 Å². The van der Waals surface area contributed by atoms with Crippen molar-refractivity contribution >= 4 is 11.7 Å². The Morgan fingerprint density at radius 3 is 2.37 bits per heavy atom. The summed E-state index contributed by atoms with van der Waals surface area (Å²) >= 11 is 0. The number of hydrogen-bond donors (Lipinski definition) is 1. The van der Waals surface area contributed by atoms with Crippen LogP contribution < -0.4 is 5.32 Å². The standard InChI is InChI=1S/C16H23NO2/c1-11(2)17-16(19)7-5-6-15(18)14-9-8-12(3)13(4)10-14/h8-11H,5-7H2,1-4H3,(H,17,19). The van der Waals surface area contributed by atoms with Gasteiger partial charge in [0.15, 0.2) is 5.78 Å². The molecule has 0 aromatic heterocycles. The molecule has 1 aromatic rings. The topological polar surface area (TPSA) is 46.2 Å². The summed E-state index contributed by atoms with van der Waals surface area (Å²) in [6.07, 6.45) is 1.44. The average Bonchev–Trinajstić information content (AvgIpc) is 2.31. The highest BCUT2D eigenvalue weighted by molar-refractivity contribution is 5.96. The second kappa shape index (κ2) is 7.07. The molecule has 1 aromatic carbocycles. The van der Waals surface area contributed by atoms with Crippen molar-refractivity contribution in [2.24, 2.45) is 0 Å². The van der Waals surface area contributed by atoms with E-state index in [2.05, 4.69) is 5.32 Å². The lowest BCUT2D eigenvalue weighted by Crippen LogP contribution is -2.29. The van der Waals surface area contributed by atoms with Gasteiger partial charge in [0.05, 0.1) is 0 Å². The zero-order valence-corrected chi connectivity index (χ0v) is 12.2. The Morgan fingerprint density at radius 1 is 1.11 bits per heavy atom. The predicted molar refractivity (Wildman–Crippen MR) is 77.4 cm³/mol. The first-order chi connectivity index (χ1) is 8.90. The van der Waals surface area contributed by atoms with Gasteiger partial charge in [0.25, 0.3) is 0 Å². The van der Waals surface area contributed by atoms with Gasteiger partial charge in [-0.25, -0.2) is 0 Å². The van der Waals surface area contributed by atoms with Gasteiger partial charge in [-0.3, -0.25) is 9.59 Å². The monoisotopic (exact) mass is 261 g/mol. The quantitative estimate of drug-likeness (QED) is 0.799. The third-order valence-electron chi connectivity index (χ3n) is 3.09. The number of nitrogens with one attached hydrogen (secondary N) is 1. The molecule has 1 rings (SSSR count). The number of carbonyl (C=O) groups is 2. The van der Waals surface area contributed by atoms with Crippen molar-refractivity contribution in [3.63, 3.8) is 0 Å². The Bertz CT molecular complexity index is 464. The van der Waals surface area contributed by atoms with Crippen molar-refractivity contribution in [2.45, 2.75) is 53.0 Å². The van der Waals surface area contributed by atoms with E-state index in [9.17, 15) is 9.59 Å². The second-order valence-electron chi connectivity index (χ2n) is 5.30. The van der Waals surface area contributed by atoms with Crippen molar-refractivity contribution in [3.05, 3.63) is 34.9 Å². The normalized spacial score (nSPS) is 10.6. The minimum Gasteiger partial charge on any atom is -0.354 e. The van der Waals surface area contributed by atoms with E-state index in [4.69, 9.17) is 0 Å². The molecule has 0 fully saturated rings. The molecule has 0 unspecified atom stereocenters. The van der Waals surface area contributed by atoms with Crippen LogP contribution in [0, 0.1) is 13.8 Å². The maximum atomic E-state index is 12.0. The summed E-state index contributed by atoms with van der Waals surface area (Å²) in [4.78, 5) is 23.4. The van der Waals surface area contributed by atoms with Crippen LogP contribution in [-0.2, 0) is 4.79 Å². The maximum absolute atomic E-state index is 12.0. The van der Waals surface area contributed by atoms with E-state index in [1.165, 1.54) is 5.56 Å². The van der Waals surface area contributed by atoms with Crippen LogP contribution in [0.1, 0.15) is 54.6 Å². The van der Waals surface area contributed by atoms with Crippen LogP contribution in [-0.4, -0.2) is 17.7 Å². The zero-order chi connectivity index (χ0) is 14.4. The van der Waals surface area contributed by atoms with Crippen molar-refractivity contribution < 1.29 is 9.59 Å². The number of benzene rings is 1. The molecule has 3 nitrogen and oxygen atoms in total. The minimum atomic E-state index is 0.0166. The molecular formula is C16H23NO2. The number of amides is 1. The van der Waals surface area contributed by atoms with E-state index in [-0.39, 0.29) is 17.7 Å². The molecule has 0 spiro atoms. The van der Waals surface area contributed by atoms with Gasteiger partial charge < -0.3 is 5.32 Å². The lowest BCUT2D eigenvalue weighted by Gasteiger charge is -2.08. The highest BCUT2D eigenvalue weighted by atomic mass is 16.1. The average molecular weight is 261 g/mol. The molecule has 0 saturated carbocycles. The van der Waals surface area contributed by atoms with Crippen LogP contribution in [0.2, 0.25) is 0 Å². The molecule has 0 aliphatic heterocycles. The maximum Gasteiger partial charge on any atom is 0.220 e. The third kappa shape index (κ3) is 5.25. The Kier molecular flexibility index (Phi) is 5.74. The second-order valence-corrected chi connectivity index (χ2v) is 5.30. The molecule has 1 amide bonds. The summed E-state index contributed by atoms with van der Waals surface area (Å²) in [5, 5.41) is 2.82. The first kappa shape index (κ1) is 15.4. The summed E-state index contributed by atoms with van der Waals surface area (Å²) in [5.41, 5.74) is 3.06. The molecule has 0 aliphatic rings. The summed E-state index contributed by atoms with van der Waals surface area (Å²) in [5.74, 6) is 0.128. The molecule has 104 valence electrons. The molecule has 0 radical (unpaired) electrons. The number of ketones is 1. The van der Waals surface area contributed by atoms with Gasteiger partial charge in [-0.15, -0.1) is 0 Å². The predicted octanol–water partition coefficient (Wildman–Crippen LogP) is 3.18. The number of Topliss-reactive ketones (excluding diaryl/α,β-unsaturated/α-hetero) is 1. The molecule has 19 heavy (non-hydrogen) atoms. The summed E-state index contributed by atoms with van der Waals surface area (Å²) in [7, 11) is 0. The Hall–Kier alpha value is -1.64. The lowest BCUT2D eigenvalue weighted by molar-refractivity contribution is -0.121. The van der Waals surface area contributed by atoms with Crippen LogP contribution in [0.3, 0.4) is 0 Å². The molecule has 0 aliphatic carbocycles.